The average molecular weight is 215 g/mol. The third-order valence-electron chi connectivity index (χ3n) is 3.12. The number of aliphatic hydroxyl groups is 1. The number of nitrogens with zero attached hydrogens (tertiary/aromatic N) is 1. The first-order valence-corrected chi connectivity index (χ1v) is 6.22. The molecule has 80 valence electrons. The summed E-state index contributed by atoms with van der Waals surface area (Å²) in [5.41, 5.74) is 0. The van der Waals surface area contributed by atoms with Gasteiger partial charge in [-0.25, -0.2) is 0 Å². The predicted octanol–water partition coefficient (Wildman–Crippen LogP) is 0.865. The number of β-amino-alcohol motifs (C(OH)–C–C–N with tert-alkyl or cyclic N) is 1. The minimum atomic E-state index is -0.297. The van der Waals surface area contributed by atoms with Crippen molar-refractivity contribution in [1.29, 1.82) is 0 Å². The van der Waals surface area contributed by atoms with E-state index in [4.69, 9.17) is 0 Å². The molecule has 0 radical (unpaired) electrons. The van der Waals surface area contributed by atoms with E-state index in [1.807, 2.05) is 11.8 Å². The SMILES string of the molecule is CC1(C(=O)N2CC[C@H](O)C2)CCCS1. The Bertz CT molecular complexity index is 238. The summed E-state index contributed by atoms with van der Waals surface area (Å²) in [5.74, 6) is 1.33. The minimum absolute atomic E-state index is 0.204. The molecule has 0 saturated carbocycles. The van der Waals surface area contributed by atoms with E-state index >= 15 is 0 Å². The van der Waals surface area contributed by atoms with Crippen molar-refractivity contribution in [2.45, 2.75) is 37.0 Å². The number of likely N-dealkylation sites (tertiary alicyclic amines) is 1. The van der Waals surface area contributed by atoms with Crippen molar-refractivity contribution in [3.05, 3.63) is 0 Å². The van der Waals surface area contributed by atoms with Crippen LogP contribution < -0.4 is 0 Å². The van der Waals surface area contributed by atoms with E-state index in [2.05, 4.69) is 0 Å². The monoisotopic (exact) mass is 215 g/mol. The van der Waals surface area contributed by atoms with Crippen LogP contribution in [0.25, 0.3) is 0 Å². The highest BCUT2D eigenvalue weighted by Gasteiger charge is 2.41. The Hall–Kier alpha value is -0.220. The summed E-state index contributed by atoms with van der Waals surface area (Å²) in [6.45, 7) is 3.31. The van der Waals surface area contributed by atoms with E-state index < -0.39 is 0 Å². The Kier molecular flexibility index (Phi) is 2.75. The second-order valence-electron chi connectivity index (χ2n) is 4.38. The van der Waals surface area contributed by atoms with Crippen molar-refractivity contribution < 1.29 is 9.90 Å². The fourth-order valence-electron chi connectivity index (χ4n) is 2.21. The summed E-state index contributed by atoms with van der Waals surface area (Å²) in [6.07, 6.45) is 2.58. The predicted molar refractivity (Wildman–Crippen MR) is 57.3 cm³/mol. The molecule has 1 unspecified atom stereocenters. The number of hydrogen-bond acceptors (Lipinski definition) is 3. The summed E-state index contributed by atoms with van der Waals surface area (Å²) >= 11 is 1.77. The lowest BCUT2D eigenvalue weighted by molar-refractivity contribution is -0.132. The quantitative estimate of drug-likeness (QED) is 0.705. The molecule has 2 saturated heterocycles. The highest BCUT2D eigenvalue weighted by molar-refractivity contribution is 8.01. The van der Waals surface area contributed by atoms with Gasteiger partial charge in [0.25, 0.3) is 0 Å². The smallest absolute Gasteiger partial charge is 0.238 e. The number of amides is 1. The summed E-state index contributed by atoms with van der Waals surface area (Å²) in [5, 5.41) is 9.37. The van der Waals surface area contributed by atoms with Crippen LogP contribution in [-0.2, 0) is 4.79 Å². The average Bonchev–Trinajstić information content (AvgIpc) is 2.74. The molecule has 0 bridgehead atoms. The molecule has 0 aromatic carbocycles. The number of thioether (sulfide) groups is 1. The molecular weight excluding hydrogens is 198 g/mol. The summed E-state index contributed by atoms with van der Waals surface area (Å²) in [6, 6.07) is 0. The van der Waals surface area contributed by atoms with E-state index in [1.165, 1.54) is 0 Å². The van der Waals surface area contributed by atoms with Gasteiger partial charge in [0.05, 0.1) is 10.9 Å². The van der Waals surface area contributed by atoms with E-state index in [1.54, 1.807) is 11.8 Å². The third kappa shape index (κ3) is 1.77. The van der Waals surface area contributed by atoms with Gasteiger partial charge in [0.2, 0.25) is 5.91 Å². The van der Waals surface area contributed by atoms with Gasteiger partial charge in [-0.15, -0.1) is 11.8 Å². The maximum atomic E-state index is 12.1. The van der Waals surface area contributed by atoms with Gasteiger partial charge in [-0.1, -0.05) is 0 Å². The summed E-state index contributed by atoms with van der Waals surface area (Å²) in [4.78, 5) is 13.9. The number of hydrogen-bond donors (Lipinski definition) is 1. The van der Waals surface area contributed by atoms with Gasteiger partial charge in [0.1, 0.15) is 0 Å². The van der Waals surface area contributed by atoms with Gasteiger partial charge >= 0.3 is 0 Å². The first-order chi connectivity index (χ1) is 6.62. The first-order valence-electron chi connectivity index (χ1n) is 5.23. The van der Waals surface area contributed by atoms with Gasteiger partial charge in [-0.05, 0) is 31.9 Å². The number of carbonyl (C=O) groups is 1. The van der Waals surface area contributed by atoms with E-state index in [0.29, 0.717) is 6.54 Å². The molecule has 2 aliphatic rings. The molecule has 0 aromatic heterocycles. The highest BCUT2D eigenvalue weighted by Crippen LogP contribution is 2.39. The molecule has 2 heterocycles. The zero-order valence-corrected chi connectivity index (χ0v) is 9.35. The molecule has 3 nitrogen and oxygen atoms in total. The second kappa shape index (κ2) is 3.74. The van der Waals surface area contributed by atoms with Gasteiger partial charge < -0.3 is 10.0 Å². The molecule has 2 atom stereocenters. The topological polar surface area (TPSA) is 40.5 Å². The van der Waals surface area contributed by atoms with Crippen molar-refractivity contribution in [2.24, 2.45) is 0 Å². The molecule has 1 amide bonds. The van der Waals surface area contributed by atoms with Gasteiger partial charge in [0.15, 0.2) is 0 Å². The largest absolute Gasteiger partial charge is 0.391 e. The summed E-state index contributed by atoms with van der Waals surface area (Å²) in [7, 11) is 0. The Labute approximate surface area is 88.9 Å². The van der Waals surface area contributed by atoms with Crippen molar-refractivity contribution in [3.8, 4) is 0 Å². The fraction of sp³-hybridized carbons (Fsp3) is 0.900. The van der Waals surface area contributed by atoms with Crippen LogP contribution in [-0.4, -0.2) is 45.6 Å². The summed E-state index contributed by atoms with van der Waals surface area (Å²) < 4.78 is -0.204. The van der Waals surface area contributed by atoms with E-state index in [-0.39, 0.29) is 16.8 Å². The minimum Gasteiger partial charge on any atom is -0.391 e. The third-order valence-corrected chi connectivity index (χ3v) is 4.63. The molecule has 2 fully saturated rings. The van der Waals surface area contributed by atoms with Crippen LogP contribution in [0.3, 0.4) is 0 Å². The second-order valence-corrected chi connectivity index (χ2v) is 5.97. The lowest BCUT2D eigenvalue weighted by atomic mass is 10.0. The Morgan fingerprint density at radius 3 is 2.93 bits per heavy atom. The number of rotatable bonds is 1. The molecular formula is C10H17NO2S. The first kappa shape index (κ1) is 10.3. The van der Waals surface area contributed by atoms with Crippen LogP contribution in [0.15, 0.2) is 0 Å². The van der Waals surface area contributed by atoms with Gasteiger partial charge in [-0.3, -0.25) is 4.79 Å². The number of aliphatic hydroxyl groups excluding tert-OH is 1. The zero-order chi connectivity index (χ0) is 10.2. The van der Waals surface area contributed by atoms with Gasteiger partial charge in [-0.2, -0.15) is 0 Å². The normalized spacial score (nSPS) is 37.9. The Balaban J connectivity index is 2.00. The molecule has 0 aromatic rings. The molecule has 4 heteroatoms. The lowest BCUT2D eigenvalue weighted by Gasteiger charge is -2.27. The molecule has 14 heavy (non-hydrogen) atoms. The Morgan fingerprint density at radius 2 is 2.43 bits per heavy atom. The van der Waals surface area contributed by atoms with Crippen LogP contribution >= 0.6 is 11.8 Å². The van der Waals surface area contributed by atoms with Crippen LogP contribution in [0.1, 0.15) is 26.2 Å². The van der Waals surface area contributed by atoms with Crippen LogP contribution in [0, 0.1) is 0 Å². The maximum Gasteiger partial charge on any atom is 0.238 e. The maximum absolute atomic E-state index is 12.1. The van der Waals surface area contributed by atoms with Crippen LogP contribution in [0.4, 0.5) is 0 Å². The van der Waals surface area contributed by atoms with Gasteiger partial charge in [0, 0.05) is 13.1 Å². The van der Waals surface area contributed by atoms with E-state index in [0.717, 1.165) is 31.6 Å². The van der Waals surface area contributed by atoms with Crippen LogP contribution in [0.5, 0.6) is 0 Å². The fourth-order valence-corrected chi connectivity index (χ4v) is 3.49. The standard InChI is InChI=1S/C10H17NO2S/c1-10(4-2-6-14-10)9(13)11-5-3-8(12)7-11/h8,12H,2-7H2,1H3/t8-,10?/m0/s1. The molecule has 1 N–H and O–H groups in total. The van der Waals surface area contributed by atoms with E-state index in [9.17, 15) is 9.90 Å². The van der Waals surface area contributed by atoms with Crippen molar-refractivity contribution in [2.75, 3.05) is 18.8 Å². The Morgan fingerprint density at radius 1 is 1.64 bits per heavy atom. The molecule has 0 aliphatic carbocycles. The van der Waals surface area contributed by atoms with Crippen molar-refractivity contribution in [3.63, 3.8) is 0 Å². The molecule has 2 rings (SSSR count). The van der Waals surface area contributed by atoms with Crippen molar-refractivity contribution >= 4 is 17.7 Å². The lowest BCUT2D eigenvalue weighted by Crippen LogP contribution is -2.42. The van der Waals surface area contributed by atoms with Crippen LogP contribution in [0.2, 0.25) is 0 Å². The highest BCUT2D eigenvalue weighted by atomic mass is 32.2. The molecule has 0 spiro atoms. The number of carbonyl (C=O) groups excluding carboxylic acids is 1. The molecule has 2 aliphatic heterocycles. The van der Waals surface area contributed by atoms with Crippen molar-refractivity contribution in [1.82, 2.24) is 4.90 Å². The zero-order valence-electron chi connectivity index (χ0n) is 8.53.